The highest BCUT2D eigenvalue weighted by Gasteiger charge is 2.31. The zero-order chi connectivity index (χ0) is 24.0. The van der Waals surface area contributed by atoms with Gasteiger partial charge in [-0.25, -0.2) is 8.42 Å². The molecule has 34 heavy (non-hydrogen) atoms. The molecule has 0 aliphatic carbocycles. The van der Waals surface area contributed by atoms with Crippen LogP contribution in [0.4, 0.5) is 0 Å². The van der Waals surface area contributed by atoms with Crippen LogP contribution >= 0.6 is 0 Å². The molecule has 0 spiro atoms. The van der Waals surface area contributed by atoms with Crippen LogP contribution in [0.15, 0.2) is 59.6 Å². The van der Waals surface area contributed by atoms with Crippen LogP contribution in [0.1, 0.15) is 82.3 Å². The Morgan fingerprint density at radius 2 is 1.53 bits per heavy atom. The van der Waals surface area contributed by atoms with Crippen molar-refractivity contribution in [1.29, 1.82) is 0 Å². The molecule has 1 fully saturated rings. The molecular formula is C29H40N2O2S. The van der Waals surface area contributed by atoms with Gasteiger partial charge in [0.2, 0.25) is 10.0 Å². The Labute approximate surface area is 206 Å². The summed E-state index contributed by atoms with van der Waals surface area (Å²) in [6.07, 6.45) is 12.3. The number of fused-ring (bicyclic) bond motifs is 1. The number of hydrogen-bond donors (Lipinski definition) is 0. The molecule has 0 saturated carbocycles. The summed E-state index contributed by atoms with van der Waals surface area (Å²) >= 11 is 0. The number of aromatic nitrogens is 1. The molecule has 184 valence electrons. The van der Waals surface area contributed by atoms with Gasteiger partial charge in [-0.05, 0) is 67.3 Å². The Morgan fingerprint density at radius 1 is 0.853 bits per heavy atom. The lowest BCUT2D eigenvalue weighted by molar-refractivity contribution is 0.320. The van der Waals surface area contributed by atoms with Crippen LogP contribution in [0.2, 0.25) is 0 Å². The Kier molecular flexibility index (Phi) is 8.49. The highest BCUT2D eigenvalue weighted by atomic mass is 32.2. The van der Waals surface area contributed by atoms with Crippen molar-refractivity contribution in [3.05, 3.63) is 65.9 Å². The minimum absolute atomic E-state index is 0.407. The molecule has 0 amide bonds. The molecule has 5 heteroatoms. The van der Waals surface area contributed by atoms with E-state index in [1.54, 1.807) is 16.4 Å². The first kappa shape index (κ1) is 25.0. The predicted octanol–water partition coefficient (Wildman–Crippen LogP) is 7.13. The van der Waals surface area contributed by atoms with Crippen LogP contribution in [-0.4, -0.2) is 30.4 Å². The summed E-state index contributed by atoms with van der Waals surface area (Å²) in [4.78, 5) is 0.428. The molecule has 4 nitrogen and oxygen atoms in total. The summed E-state index contributed by atoms with van der Waals surface area (Å²) in [5, 5.41) is 1.33. The molecule has 1 aliphatic heterocycles. The first-order valence-corrected chi connectivity index (χ1v) is 14.7. The molecule has 0 radical (unpaired) electrons. The molecule has 4 rings (SSSR count). The second-order valence-corrected chi connectivity index (χ2v) is 11.7. The van der Waals surface area contributed by atoms with Crippen LogP contribution in [0.5, 0.6) is 0 Å². The van der Waals surface area contributed by atoms with Crippen molar-refractivity contribution >= 4 is 20.9 Å². The van der Waals surface area contributed by atoms with E-state index in [4.69, 9.17) is 0 Å². The zero-order valence-electron chi connectivity index (χ0n) is 20.9. The summed E-state index contributed by atoms with van der Waals surface area (Å²) in [6, 6.07) is 16.3. The quantitative estimate of drug-likeness (QED) is 0.274. The molecule has 1 aromatic heterocycles. The zero-order valence-corrected chi connectivity index (χ0v) is 21.7. The average molecular weight is 481 g/mol. The largest absolute Gasteiger partial charge is 0.347 e. The van der Waals surface area contributed by atoms with Crippen molar-refractivity contribution in [3.63, 3.8) is 0 Å². The molecule has 2 aromatic carbocycles. The normalized spacial score (nSPS) is 15.8. The van der Waals surface area contributed by atoms with Gasteiger partial charge in [-0.1, -0.05) is 69.9 Å². The number of sulfonamides is 1. The van der Waals surface area contributed by atoms with Gasteiger partial charge in [-0.15, -0.1) is 0 Å². The van der Waals surface area contributed by atoms with Crippen LogP contribution in [0.25, 0.3) is 10.9 Å². The van der Waals surface area contributed by atoms with Gasteiger partial charge >= 0.3 is 0 Å². The Hall–Kier alpha value is -2.11. The van der Waals surface area contributed by atoms with Crippen molar-refractivity contribution in [2.75, 3.05) is 13.1 Å². The summed E-state index contributed by atoms with van der Waals surface area (Å²) in [6.45, 7) is 6.66. The van der Waals surface area contributed by atoms with Crippen molar-refractivity contribution < 1.29 is 8.42 Å². The fraction of sp³-hybridized carbons (Fsp3) is 0.517. The number of hydrogen-bond acceptors (Lipinski definition) is 2. The first-order chi connectivity index (χ1) is 16.5. The third-order valence-corrected chi connectivity index (χ3v) is 9.26. The SMILES string of the molecule is CCCCCc1ccc(S(=O)(=O)N2CCC(c3cn(CCCCC)c4ccccc34)CC2)cc1. The van der Waals surface area contributed by atoms with Crippen molar-refractivity contribution in [3.8, 4) is 0 Å². The molecule has 3 aromatic rings. The minimum atomic E-state index is -3.43. The lowest BCUT2D eigenvalue weighted by Crippen LogP contribution is -2.37. The third kappa shape index (κ3) is 5.58. The second-order valence-electron chi connectivity index (χ2n) is 9.78. The Bertz CT molecular complexity index is 1160. The first-order valence-electron chi connectivity index (χ1n) is 13.2. The van der Waals surface area contributed by atoms with Gasteiger partial charge in [-0.3, -0.25) is 0 Å². The third-order valence-electron chi connectivity index (χ3n) is 7.35. The molecule has 0 bridgehead atoms. The maximum absolute atomic E-state index is 13.3. The summed E-state index contributed by atoms with van der Waals surface area (Å²) in [7, 11) is -3.43. The summed E-state index contributed by atoms with van der Waals surface area (Å²) in [5.41, 5.74) is 3.92. The van der Waals surface area contributed by atoms with Gasteiger partial charge in [-0.2, -0.15) is 4.31 Å². The van der Waals surface area contributed by atoms with E-state index in [0.29, 0.717) is 23.9 Å². The van der Waals surface area contributed by atoms with Gasteiger partial charge in [0, 0.05) is 36.7 Å². The highest BCUT2D eigenvalue weighted by molar-refractivity contribution is 7.89. The van der Waals surface area contributed by atoms with Gasteiger partial charge < -0.3 is 4.57 Å². The monoisotopic (exact) mass is 480 g/mol. The lowest BCUT2D eigenvalue weighted by atomic mass is 9.90. The summed E-state index contributed by atoms with van der Waals surface area (Å²) in [5.74, 6) is 0.407. The van der Waals surface area contributed by atoms with Crippen LogP contribution in [0, 0.1) is 0 Å². The number of rotatable bonds is 11. The lowest BCUT2D eigenvalue weighted by Gasteiger charge is -2.31. The summed E-state index contributed by atoms with van der Waals surface area (Å²) < 4.78 is 30.7. The fourth-order valence-electron chi connectivity index (χ4n) is 5.28. The number of nitrogens with zero attached hydrogens (tertiary/aromatic N) is 2. The molecule has 1 aliphatic rings. The van der Waals surface area contributed by atoms with Gasteiger partial charge in [0.05, 0.1) is 4.90 Å². The molecule has 1 saturated heterocycles. The number of aryl methyl sites for hydroxylation is 2. The number of unbranched alkanes of at least 4 members (excludes halogenated alkanes) is 4. The topological polar surface area (TPSA) is 42.3 Å². The Balaban J connectivity index is 1.43. The number of para-hydroxylation sites is 1. The van der Waals surface area contributed by atoms with E-state index in [9.17, 15) is 8.42 Å². The number of benzene rings is 2. The molecule has 0 atom stereocenters. The smallest absolute Gasteiger partial charge is 0.243 e. The van der Waals surface area contributed by atoms with E-state index >= 15 is 0 Å². The van der Waals surface area contributed by atoms with Crippen molar-refractivity contribution in [2.45, 2.75) is 89.0 Å². The highest BCUT2D eigenvalue weighted by Crippen LogP contribution is 2.36. The molecule has 0 unspecified atom stereocenters. The van der Waals surface area contributed by atoms with E-state index in [1.165, 1.54) is 54.1 Å². The maximum Gasteiger partial charge on any atom is 0.243 e. The Morgan fingerprint density at radius 3 is 2.24 bits per heavy atom. The standard InChI is InChI=1S/C29H40N2O2S/c1-3-5-7-11-24-14-16-26(17-15-24)34(32,33)31-21-18-25(19-22-31)28-23-30(20-10-6-4-2)29-13-9-8-12-27(28)29/h8-9,12-17,23,25H,3-7,10-11,18-22H2,1-2H3. The van der Waals surface area contributed by atoms with E-state index in [-0.39, 0.29) is 0 Å². The van der Waals surface area contributed by atoms with Crippen LogP contribution in [-0.2, 0) is 23.0 Å². The van der Waals surface area contributed by atoms with Crippen LogP contribution < -0.4 is 0 Å². The minimum Gasteiger partial charge on any atom is -0.347 e. The second kappa shape index (κ2) is 11.5. The van der Waals surface area contributed by atoms with E-state index in [2.05, 4.69) is 48.9 Å². The van der Waals surface area contributed by atoms with Crippen LogP contribution in [0.3, 0.4) is 0 Å². The van der Waals surface area contributed by atoms with Gasteiger partial charge in [0.15, 0.2) is 0 Å². The van der Waals surface area contributed by atoms with E-state index in [0.717, 1.165) is 32.2 Å². The van der Waals surface area contributed by atoms with E-state index < -0.39 is 10.0 Å². The fourth-order valence-corrected chi connectivity index (χ4v) is 6.75. The molecular weight excluding hydrogens is 440 g/mol. The maximum atomic E-state index is 13.3. The molecule has 0 N–H and O–H groups in total. The average Bonchev–Trinajstić information content (AvgIpc) is 3.23. The molecule has 2 heterocycles. The van der Waals surface area contributed by atoms with Crippen molar-refractivity contribution in [1.82, 2.24) is 8.87 Å². The van der Waals surface area contributed by atoms with Crippen molar-refractivity contribution in [2.24, 2.45) is 0 Å². The van der Waals surface area contributed by atoms with Gasteiger partial charge in [0.1, 0.15) is 0 Å². The predicted molar refractivity (Wildman–Crippen MR) is 142 cm³/mol. The van der Waals surface area contributed by atoms with Gasteiger partial charge in [0.25, 0.3) is 0 Å². The number of piperidine rings is 1. The van der Waals surface area contributed by atoms with E-state index in [1.807, 2.05) is 12.1 Å².